The predicted molar refractivity (Wildman–Crippen MR) is 83.6 cm³/mol. The van der Waals surface area contributed by atoms with Crippen molar-refractivity contribution in [3.63, 3.8) is 0 Å². The third-order valence-corrected chi connectivity index (χ3v) is 3.77. The minimum Gasteiger partial charge on any atom is -0.392 e. The van der Waals surface area contributed by atoms with Crippen LogP contribution in [0.2, 0.25) is 0 Å². The average Bonchev–Trinajstić information content (AvgIpc) is 3.04. The first kappa shape index (κ1) is 16.2. The van der Waals surface area contributed by atoms with Crippen molar-refractivity contribution in [3.05, 3.63) is 52.9 Å². The Morgan fingerprint density at radius 2 is 2.00 bits per heavy atom. The third kappa shape index (κ3) is 4.18. The molecule has 2 N–H and O–H groups in total. The molecular formula is C17H22N2O3. The molecule has 0 saturated carbocycles. The number of carbonyl (C=O) groups excluding carboxylic acids is 1. The normalized spacial score (nSPS) is 12.1. The zero-order chi connectivity index (χ0) is 15.9. The van der Waals surface area contributed by atoms with E-state index in [2.05, 4.69) is 24.3 Å². The fourth-order valence-electron chi connectivity index (χ4n) is 2.06. The van der Waals surface area contributed by atoms with Crippen molar-refractivity contribution in [3.8, 4) is 0 Å². The van der Waals surface area contributed by atoms with Crippen molar-refractivity contribution in [1.29, 1.82) is 0 Å². The highest BCUT2D eigenvalue weighted by atomic mass is 16.5. The van der Waals surface area contributed by atoms with Gasteiger partial charge in [0, 0.05) is 18.5 Å². The number of aliphatic hydroxyl groups is 1. The molecule has 1 amide bonds. The van der Waals surface area contributed by atoms with Crippen molar-refractivity contribution >= 4 is 5.91 Å². The molecule has 0 fully saturated rings. The SMILES string of the molecule is CCC(C)c1cc(C(=O)NCCc2ccc(CO)cc2)on1. The summed E-state index contributed by atoms with van der Waals surface area (Å²) in [5.74, 6) is 0.301. The van der Waals surface area contributed by atoms with Crippen LogP contribution in [-0.2, 0) is 13.0 Å². The number of rotatable bonds is 7. The molecule has 5 nitrogen and oxygen atoms in total. The number of nitrogens with zero attached hydrogens (tertiary/aromatic N) is 1. The Hall–Kier alpha value is -2.14. The molecule has 1 atom stereocenters. The Balaban J connectivity index is 1.83. The Labute approximate surface area is 130 Å². The molecule has 0 saturated heterocycles. The molecule has 22 heavy (non-hydrogen) atoms. The van der Waals surface area contributed by atoms with Crippen LogP contribution in [-0.4, -0.2) is 22.7 Å². The van der Waals surface area contributed by atoms with Gasteiger partial charge in [0.25, 0.3) is 5.91 Å². The van der Waals surface area contributed by atoms with Crippen molar-refractivity contribution in [1.82, 2.24) is 10.5 Å². The number of amides is 1. The monoisotopic (exact) mass is 302 g/mol. The number of benzene rings is 1. The molecule has 1 heterocycles. The molecule has 2 aromatic rings. The molecule has 2 rings (SSSR count). The van der Waals surface area contributed by atoms with E-state index in [0.29, 0.717) is 6.54 Å². The van der Waals surface area contributed by atoms with E-state index in [9.17, 15) is 4.79 Å². The highest BCUT2D eigenvalue weighted by Gasteiger charge is 2.15. The zero-order valence-electron chi connectivity index (χ0n) is 13.0. The van der Waals surface area contributed by atoms with E-state index in [1.165, 1.54) is 0 Å². The summed E-state index contributed by atoms with van der Waals surface area (Å²) in [6, 6.07) is 9.37. The van der Waals surface area contributed by atoms with Gasteiger partial charge in [-0.2, -0.15) is 0 Å². The Morgan fingerprint density at radius 3 is 2.64 bits per heavy atom. The van der Waals surface area contributed by atoms with E-state index in [1.54, 1.807) is 6.07 Å². The molecule has 1 unspecified atom stereocenters. The number of hydrogen-bond donors (Lipinski definition) is 2. The van der Waals surface area contributed by atoms with Crippen LogP contribution in [0.1, 0.15) is 53.6 Å². The van der Waals surface area contributed by atoms with E-state index in [4.69, 9.17) is 9.63 Å². The van der Waals surface area contributed by atoms with Crippen molar-refractivity contribution in [2.75, 3.05) is 6.54 Å². The van der Waals surface area contributed by atoms with Crippen LogP contribution in [0, 0.1) is 0 Å². The molecule has 5 heteroatoms. The second-order valence-corrected chi connectivity index (χ2v) is 5.41. The summed E-state index contributed by atoms with van der Waals surface area (Å²) in [6.45, 7) is 4.69. The van der Waals surface area contributed by atoms with Crippen LogP contribution in [0.4, 0.5) is 0 Å². The lowest BCUT2D eigenvalue weighted by molar-refractivity contribution is 0.0917. The standard InChI is InChI=1S/C17H22N2O3/c1-3-12(2)15-10-16(22-19-15)17(21)18-9-8-13-4-6-14(11-20)7-5-13/h4-7,10,12,20H,3,8-9,11H2,1-2H3,(H,18,21). The highest BCUT2D eigenvalue weighted by molar-refractivity contribution is 5.91. The summed E-state index contributed by atoms with van der Waals surface area (Å²) >= 11 is 0. The Kier molecular flexibility index (Phi) is 5.72. The summed E-state index contributed by atoms with van der Waals surface area (Å²) < 4.78 is 5.09. The van der Waals surface area contributed by atoms with Crippen molar-refractivity contribution < 1.29 is 14.4 Å². The molecule has 1 aromatic heterocycles. The number of aliphatic hydroxyl groups excluding tert-OH is 1. The summed E-state index contributed by atoms with van der Waals surface area (Å²) in [7, 11) is 0. The molecule has 0 spiro atoms. The topological polar surface area (TPSA) is 75.4 Å². The highest BCUT2D eigenvalue weighted by Crippen LogP contribution is 2.18. The summed E-state index contributed by atoms with van der Waals surface area (Å²) in [6.07, 6.45) is 1.68. The molecule has 0 radical (unpaired) electrons. The first-order valence-corrected chi connectivity index (χ1v) is 7.57. The molecule has 118 valence electrons. The van der Waals surface area contributed by atoms with Gasteiger partial charge in [0.1, 0.15) is 0 Å². The van der Waals surface area contributed by atoms with Crippen molar-refractivity contribution in [2.24, 2.45) is 0 Å². The minimum atomic E-state index is -0.242. The van der Waals surface area contributed by atoms with E-state index in [0.717, 1.165) is 29.7 Å². The molecule has 0 bridgehead atoms. The molecule has 1 aromatic carbocycles. The molecular weight excluding hydrogens is 280 g/mol. The van der Waals surface area contributed by atoms with Crippen LogP contribution in [0.25, 0.3) is 0 Å². The number of hydrogen-bond acceptors (Lipinski definition) is 4. The van der Waals surface area contributed by atoms with Gasteiger partial charge in [-0.05, 0) is 24.0 Å². The maximum atomic E-state index is 12.0. The van der Waals surface area contributed by atoms with Gasteiger partial charge in [-0.15, -0.1) is 0 Å². The lowest BCUT2D eigenvalue weighted by Gasteiger charge is -2.04. The summed E-state index contributed by atoms with van der Waals surface area (Å²) in [5.41, 5.74) is 2.80. The van der Waals surface area contributed by atoms with Crippen LogP contribution >= 0.6 is 0 Å². The second kappa shape index (κ2) is 7.75. The molecule has 0 aliphatic carbocycles. The minimum absolute atomic E-state index is 0.0427. The number of aromatic nitrogens is 1. The van der Waals surface area contributed by atoms with Crippen LogP contribution < -0.4 is 5.32 Å². The van der Waals surface area contributed by atoms with E-state index in [-0.39, 0.29) is 24.2 Å². The van der Waals surface area contributed by atoms with E-state index >= 15 is 0 Å². The summed E-state index contributed by atoms with van der Waals surface area (Å²) in [4.78, 5) is 12.0. The van der Waals surface area contributed by atoms with Gasteiger partial charge in [0.2, 0.25) is 5.76 Å². The number of carbonyl (C=O) groups is 1. The quantitative estimate of drug-likeness (QED) is 0.824. The third-order valence-electron chi connectivity index (χ3n) is 3.77. The van der Waals surface area contributed by atoms with Crippen LogP contribution in [0.15, 0.2) is 34.9 Å². The fraction of sp³-hybridized carbons (Fsp3) is 0.412. The summed E-state index contributed by atoms with van der Waals surface area (Å²) in [5, 5.41) is 15.7. The van der Waals surface area contributed by atoms with Gasteiger partial charge in [-0.1, -0.05) is 43.3 Å². The van der Waals surface area contributed by atoms with Gasteiger partial charge in [-0.25, -0.2) is 0 Å². The van der Waals surface area contributed by atoms with Gasteiger partial charge < -0.3 is 14.9 Å². The molecule has 0 aliphatic rings. The van der Waals surface area contributed by atoms with Crippen LogP contribution in [0.5, 0.6) is 0 Å². The first-order valence-electron chi connectivity index (χ1n) is 7.57. The van der Waals surface area contributed by atoms with Gasteiger partial charge >= 0.3 is 0 Å². The second-order valence-electron chi connectivity index (χ2n) is 5.41. The predicted octanol–water partition coefficient (Wildman–Crippen LogP) is 2.65. The van der Waals surface area contributed by atoms with Crippen LogP contribution in [0.3, 0.4) is 0 Å². The fourth-order valence-corrected chi connectivity index (χ4v) is 2.06. The van der Waals surface area contributed by atoms with Gasteiger partial charge in [0.05, 0.1) is 12.3 Å². The first-order chi connectivity index (χ1) is 10.6. The van der Waals surface area contributed by atoms with E-state index in [1.807, 2.05) is 24.3 Å². The lowest BCUT2D eigenvalue weighted by Crippen LogP contribution is -2.25. The lowest BCUT2D eigenvalue weighted by atomic mass is 10.1. The maximum absolute atomic E-state index is 12.0. The zero-order valence-corrected chi connectivity index (χ0v) is 13.0. The largest absolute Gasteiger partial charge is 0.392 e. The Morgan fingerprint density at radius 1 is 1.32 bits per heavy atom. The maximum Gasteiger partial charge on any atom is 0.289 e. The van der Waals surface area contributed by atoms with Gasteiger partial charge in [-0.3, -0.25) is 4.79 Å². The Bertz CT molecular complexity index is 605. The number of nitrogens with one attached hydrogen (secondary N) is 1. The average molecular weight is 302 g/mol. The van der Waals surface area contributed by atoms with Gasteiger partial charge in [0.15, 0.2) is 0 Å². The molecule has 0 aliphatic heterocycles. The smallest absolute Gasteiger partial charge is 0.289 e. The van der Waals surface area contributed by atoms with E-state index < -0.39 is 0 Å². The van der Waals surface area contributed by atoms with Crippen molar-refractivity contribution in [2.45, 2.75) is 39.2 Å².